The Morgan fingerprint density at radius 3 is 2.57 bits per heavy atom. The van der Waals surface area contributed by atoms with Gasteiger partial charge >= 0.3 is 0 Å². The van der Waals surface area contributed by atoms with Crippen LogP contribution in [0.4, 0.5) is 0 Å². The molecule has 0 saturated heterocycles. The van der Waals surface area contributed by atoms with Gasteiger partial charge in [0.1, 0.15) is 5.69 Å². The average molecular weight is 284 g/mol. The average Bonchev–Trinajstić information content (AvgIpc) is 2.78. The van der Waals surface area contributed by atoms with Crippen molar-refractivity contribution >= 4 is 16.8 Å². The second-order valence-electron chi connectivity index (χ2n) is 6.41. The first-order chi connectivity index (χ1) is 10.1. The maximum atomic E-state index is 12.6. The first-order valence-corrected chi connectivity index (χ1v) is 7.94. The Labute approximate surface area is 126 Å². The van der Waals surface area contributed by atoms with Gasteiger partial charge in [0.25, 0.3) is 5.91 Å². The standard InChI is InChI=1S/C18H24N2O/c1-12-9-13(2)15-11-17(20(3)16(15)10-12)18(21)19-14-7-5-4-6-8-14/h9-11,14H,4-8H2,1-3H3,(H,19,21). The highest BCUT2D eigenvalue weighted by Crippen LogP contribution is 2.24. The van der Waals surface area contributed by atoms with Gasteiger partial charge in [-0.3, -0.25) is 4.79 Å². The number of hydrogen-bond acceptors (Lipinski definition) is 1. The molecule has 0 bridgehead atoms. The highest BCUT2D eigenvalue weighted by molar-refractivity contribution is 5.99. The van der Waals surface area contributed by atoms with Gasteiger partial charge in [-0.1, -0.05) is 25.3 Å². The first-order valence-electron chi connectivity index (χ1n) is 7.94. The molecule has 0 atom stereocenters. The Bertz CT molecular complexity index is 678. The van der Waals surface area contributed by atoms with Gasteiger partial charge in [-0.15, -0.1) is 0 Å². The quantitative estimate of drug-likeness (QED) is 0.892. The van der Waals surface area contributed by atoms with E-state index in [2.05, 4.69) is 31.3 Å². The Morgan fingerprint density at radius 1 is 1.14 bits per heavy atom. The van der Waals surface area contributed by atoms with E-state index in [4.69, 9.17) is 0 Å². The number of carbonyl (C=O) groups excluding carboxylic acids is 1. The van der Waals surface area contributed by atoms with E-state index in [0.29, 0.717) is 6.04 Å². The molecule has 1 aliphatic rings. The van der Waals surface area contributed by atoms with Crippen LogP contribution >= 0.6 is 0 Å². The predicted molar refractivity (Wildman–Crippen MR) is 86.7 cm³/mol. The Kier molecular flexibility index (Phi) is 3.75. The Morgan fingerprint density at radius 2 is 1.86 bits per heavy atom. The van der Waals surface area contributed by atoms with E-state index in [1.807, 2.05) is 17.7 Å². The summed E-state index contributed by atoms with van der Waals surface area (Å²) in [4.78, 5) is 12.6. The van der Waals surface area contributed by atoms with Crippen molar-refractivity contribution in [2.75, 3.05) is 0 Å². The summed E-state index contributed by atoms with van der Waals surface area (Å²) in [6, 6.07) is 6.71. The lowest BCUT2D eigenvalue weighted by molar-refractivity contribution is 0.0920. The SMILES string of the molecule is Cc1cc(C)c2cc(C(=O)NC3CCCCC3)n(C)c2c1. The van der Waals surface area contributed by atoms with Gasteiger partial charge < -0.3 is 9.88 Å². The molecular weight excluding hydrogens is 260 g/mol. The lowest BCUT2D eigenvalue weighted by Crippen LogP contribution is -2.36. The minimum Gasteiger partial charge on any atom is -0.348 e. The van der Waals surface area contributed by atoms with E-state index in [0.717, 1.165) is 24.1 Å². The highest BCUT2D eigenvalue weighted by Gasteiger charge is 2.19. The molecule has 3 rings (SSSR count). The highest BCUT2D eigenvalue weighted by atomic mass is 16.2. The van der Waals surface area contributed by atoms with Gasteiger partial charge in [0.2, 0.25) is 0 Å². The van der Waals surface area contributed by atoms with E-state index in [1.54, 1.807) is 0 Å². The Balaban J connectivity index is 1.91. The fraction of sp³-hybridized carbons (Fsp3) is 0.500. The normalized spacial score (nSPS) is 16.3. The van der Waals surface area contributed by atoms with E-state index in [1.165, 1.54) is 35.8 Å². The summed E-state index contributed by atoms with van der Waals surface area (Å²) in [7, 11) is 1.98. The molecule has 1 aromatic heterocycles. The largest absolute Gasteiger partial charge is 0.348 e. The van der Waals surface area contributed by atoms with Crippen molar-refractivity contribution in [1.82, 2.24) is 9.88 Å². The van der Waals surface area contributed by atoms with Gasteiger partial charge in [-0.2, -0.15) is 0 Å². The molecule has 112 valence electrons. The number of rotatable bonds is 2. The number of aromatic nitrogens is 1. The maximum absolute atomic E-state index is 12.6. The number of benzene rings is 1. The third kappa shape index (κ3) is 2.69. The molecule has 1 aromatic carbocycles. The van der Waals surface area contributed by atoms with Crippen molar-refractivity contribution in [3.63, 3.8) is 0 Å². The summed E-state index contributed by atoms with van der Waals surface area (Å²) in [6.07, 6.45) is 6.01. The van der Waals surface area contributed by atoms with E-state index >= 15 is 0 Å². The zero-order chi connectivity index (χ0) is 15.0. The third-order valence-corrected chi connectivity index (χ3v) is 4.69. The summed E-state index contributed by atoms with van der Waals surface area (Å²) in [5.74, 6) is 0.0673. The second-order valence-corrected chi connectivity index (χ2v) is 6.41. The lowest BCUT2D eigenvalue weighted by Gasteiger charge is -2.22. The van der Waals surface area contributed by atoms with Gasteiger partial charge in [0, 0.05) is 24.0 Å². The molecule has 1 fully saturated rings. The predicted octanol–water partition coefficient (Wildman–Crippen LogP) is 3.86. The fourth-order valence-electron chi connectivity index (χ4n) is 3.51. The summed E-state index contributed by atoms with van der Waals surface area (Å²) in [5.41, 5.74) is 4.38. The number of fused-ring (bicyclic) bond motifs is 1. The number of hydrogen-bond donors (Lipinski definition) is 1. The van der Waals surface area contributed by atoms with Crippen LogP contribution in [0.15, 0.2) is 18.2 Å². The lowest BCUT2D eigenvalue weighted by atomic mass is 9.95. The number of carbonyl (C=O) groups is 1. The molecule has 21 heavy (non-hydrogen) atoms. The van der Waals surface area contributed by atoms with Gasteiger partial charge in [0.15, 0.2) is 0 Å². The van der Waals surface area contributed by atoms with E-state index < -0.39 is 0 Å². The summed E-state index contributed by atoms with van der Waals surface area (Å²) < 4.78 is 2.02. The van der Waals surface area contributed by atoms with Crippen LogP contribution in [-0.2, 0) is 7.05 Å². The Hall–Kier alpha value is -1.77. The van der Waals surface area contributed by atoms with Crippen LogP contribution in [0.3, 0.4) is 0 Å². The second kappa shape index (κ2) is 5.55. The molecule has 1 N–H and O–H groups in total. The molecule has 0 spiro atoms. The van der Waals surface area contributed by atoms with Crippen LogP contribution in [-0.4, -0.2) is 16.5 Å². The molecule has 0 aliphatic heterocycles. The van der Waals surface area contributed by atoms with Crippen LogP contribution < -0.4 is 5.32 Å². The smallest absolute Gasteiger partial charge is 0.268 e. The molecule has 3 nitrogen and oxygen atoms in total. The van der Waals surface area contributed by atoms with Crippen LogP contribution in [0.25, 0.3) is 10.9 Å². The monoisotopic (exact) mass is 284 g/mol. The zero-order valence-electron chi connectivity index (χ0n) is 13.2. The minimum absolute atomic E-state index is 0.0673. The topological polar surface area (TPSA) is 34.0 Å². The maximum Gasteiger partial charge on any atom is 0.268 e. The van der Waals surface area contributed by atoms with E-state index in [-0.39, 0.29) is 5.91 Å². The van der Waals surface area contributed by atoms with Crippen LogP contribution in [0.1, 0.15) is 53.7 Å². The first kappa shape index (κ1) is 14.2. The fourth-order valence-corrected chi connectivity index (χ4v) is 3.51. The van der Waals surface area contributed by atoms with E-state index in [9.17, 15) is 4.79 Å². The van der Waals surface area contributed by atoms with Gasteiger partial charge in [0.05, 0.1) is 0 Å². The van der Waals surface area contributed by atoms with Crippen molar-refractivity contribution in [2.45, 2.75) is 52.0 Å². The van der Waals surface area contributed by atoms with Gasteiger partial charge in [-0.25, -0.2) is 0 Å². The number of nitrogens with zero attached hydrogens (tertiary/aromatic N) is 1. The summed E-state index contributed by atoms with van der Waals surface area (Å²) in [6.45, 7) is 4.21. The van der Waals surface area contributed by atoms with Crippen LogP contribution in [0.5, 0.6) is 0 Å². The summed E-state index contributed by atoms with van der Waals surface area (Å²) >= 11 is 0. The molecule has 1 saturated carbocycles. The van der Waals surface area contributed by atoms with Crippen LogP contribution in [0.2, 0.25) is 0 Å². The van der Waals surface area contributed by atoms with Crippen molar-refractivity contribution in [1.29, 1.82) is 0 Å². The molecule has 3 heteroatoms. The number of nitrogens with one attached hydrogen (secondary N) is 1. The number of aryl methyl sites for hydroxylation is 3. The molecular formula is C18H24N2O. The molecule has 2 aromatic rings. The van der Waals surface area contributed by atoms with Crippen molar-refractivity contribution in [3.8, 4) is 0 Å². The van der Waals surface area contributed by atoms with Crippen LogP contribution in [0, 0.1) is 13.8 Å². The molecule has 0 radical (unpaired) electrons. The molecule has 1 aliphatic carbocycles. The summed E-state index contributed by atoms with van der Waals surface area (Å²) in [5, 5.41) is 4.39. The van der Waals surface area contributed by atoms with Gasteiger partial charge in [-0.05, 0) is 49.9 Å². The zero-order valence-corrected chi connectivity index (χ0v) is 13.2. The van der Waals surface area contributed by atoms with Crippen molar-refractivity contribution in [2.24, 2.45) is 7.05 Å². The number of amides is 1. The molecule has 1 heterocycles. The molecule has 1 amide bonds. The van der Waals surface area contributed by atoms with Crippen molar-refractivity contribution in [3.05, 3.63) is 35.0 Å². The molecule has 0 unspecified atom stereocenters. The third-order valence-electron chi connectivity index (χ3n) is 4.69. The minimum atomic E-state index is 0.0673. The van der Waals surface area contributed by atoms with Crippen molar-refractivity contribution < 1.29 is 4.79 Å².